The van der Waals surface area contributed by atoms with Crippen molar-refractivity contribution >= 4 is 12.0 Å². The van der Waals surface area contributed by atoms with Crippen LogP contribution in [0.4, 0.5) is 0 Å². The molecule has 1 amide bonds. The predicted molar refractivity (Wildman–Crippen MR) is 111 cm³/mol. The number of piperazine rings is 1. The van der Waals surface area contributed by atoms with Crippen molar-refractivity contribution in [1.82, 2.24) is 14.7 Å². The third-order valence-corrected chi connectivity index (χ3v) is 4.90. The molecule has 1 aliphatic rings. The number of likely N-dealkylation sites (N-methyl/N-ethyl adjacent to an activating group) is 1. The topological polar surface area (TPSA) is 26.8 Å². The first-order valence-corrected chi connectivity index (χ1v) is 9.65. The van der Waals surface area contributed by atoms with Gasteiger partial charge in [0.25, 0.3) is 0 Å². The summed E-state index contributed by atoms with van der Waals surface area (Å²) in [7, 11) is 2.01. The van der Waals surface area contributed by atoms with Gasteiger partial charge in [0.1, 0.15) is 0 Å². The number of hydrogen-bond acceptors (Lipinski definition) is 3. The maximum atomic E-state index is 12.6. The summed E-state index contributed by atoms with van der Waals surface area (Å²) < 4.78 is 0. The third kappa shape index (κ3) is 6.35. The molecule has 1 heterocycles. The average Bonchev–Trinajstić information content (AvgIpc) is 2.70. The van der Waals surface area contributed by atoms with Crippen molar-refractivity contribution in [3.05, 3.63) is 77.9 Å². The predicted octanol–water partition coefficient (Wildman–Crippen LogP) is 2.98. The van der Waals surface area contributed by atoms with Gasteiger partial charge in [-0.15, -0.1) is 0 Å². The molecule has 1 aliphatic heterocycles. The van der Waals surface area contributed by atoms with E-state index in [0.717, 1.165) is 39.3 Å². The molecule has 2 aromatic rings. The lowest BCUT2D eigenvalue weighted by Gasteiger charge is -2.35. The zero-order valence-corrected chi connectivity index (χ0v) is 16.1. The van der Waals surface area contributed by atoms with Crippen LogP contribution in [0.15, 0.2) is 66.7 Å². The van der Waals surface area contributed by atoms with Crippen molar-refractivity contribution in [1.29, 1.82) is 0 Å². The first-order valence-electron chi connectivity index (χ1n) is 9.65. The molecular formula is C23H29N3O. The number of nitrogens with zero attached hydrogens (tertiary/aromatic N) is 3. The van der Waals surface area contributed by atoms with Gasteiger partial charge in [-0.05, 0) is 18.2 Å². The first kappa shape index (κ1) is 19.3. The normalized spacial score (nSPS) is 15.6. The van der Waals surface area contributed by atoms with E-state index in [4.69, 9.17) is 0 Å². The molecular weight excluding hydrogens is 334 g/mol. The molecule has 0 bridgehead atoms. The van der Waals surface area contributed by atoms with Crippen LogP contribution in [0.1, 0.15) is 11.1 Å². The van der Waals surface area contributed by atoms with Crippen molar-refractivity contribution in [2.45, 2.75) is 6.54 Å². The Bertz CT molecular complexity index is 722. The lowest BCUT2D eigenvalue weighted by Crippen LogP contribution is -2.50. The summed E-state index contributed by atoms with van der Waals surface area (Å²) in [4.78, 5) is 19.0. The Balaban J connectivity index is 1.38. The Morgan fingerprint density at radius 3 is 2.26 bits per heavy atom. The van der Waals surface area contributed by atoms with E-state index in [9.17, 15) is 4.79 Å². The van der Waals surface area contributed by atoms with E-state index in [-0.39, 0.29) is 5.91 Å². The number of rotatable bonds is 7. The summed E-state index contributed by atoms with van der Waals surface area (Å²) in [5, 5.41) is 0. The van der Waals surface area contributed by atoms with Crippen LogP contribution in [0.5, 0.6) is 0 Å². The van der Waals surface area contributed by atoms with E-state index in [2.05, 4.69) is 58.4 Å². The molecule has 0 atom stereocenters. The van der Waals surface area contributed by atoms with Gasteiger partial charge in [-0.1, -0.05) is 72.8 Å². The molecule has 0 saturated carbocycles. The van der Waals surface area contributed by atoms with Gasteiger partial charge in [-0.25, -0.2) is 0 Å². The molecule has 0 aromatic heterocycles. The fourth-order valence-electron chi connectivity index (χ4n) is 3.36. The Kier molecular flexibility index (Phi) is 7.19. The molecule has 1 saturated heterocycles. The lowest BCUT2D eigenvalue weighted by molar-refractivity contribution is -0.133. The SMILES string of the molecule is CN(CC(=O)N1CCN(C/C=C/c2ccccc2)CC1)Cc1ccccc1. The largest absolute Gasteiger partial charge is 0.339 e. The van der Waals surface area contributed by atoms with Gasteiger partial charge in [0.05, 0.1) is 6.54 Å². The standard InChI is InChI=1S/C23H29N3O/c1-24(19-22-11-6-3-7-12-22)20-23(27)26-17-15-25(16-18-26)14-8-13-21-9-4-2-5-10-21/h2-13H,14-20H2,1H3/b13-8+. The minimum Gasteiger partial charge on any atom is -0.339 e. The molecule has 4 heteroatoms. The van der Waals surface area contributed by atoms with Crippen LogP contribution in [0.3, 0.4) is 0 Å². The third-order valence-electron chi connectivity index (χ3n) is 4.90. The Labute approximate surface area is 162 Å². The highest BCUT2D eigenvalue weighted by atomic mass is 16.2. The molecule has 0 spiro atoms. The van der Waals surface area contributed by atoms with Crippen LogP contribution in [0, 0.1) is 0 Å². The van der Waals surface area contributed by atoms with Gasteiger partial charge in [-0.2, -0.15) is 0 Å². The van der Waals surface area contributed by atoms with Gasteiger partial charge >= 0.3 is 0 Å². The van der Waals surface area contributed by atoms with Crippen LogP contribution >= 0.6 is 0 Å². The fraction of sp³-hybridized carbons (Fsp3) is 0.348. The molecule has 0 N–H and O–H groups in total. The summed E-state index contributed by atoms with van der Waals surface area (Å²) in [5.41, 5.74) is 2.47. The van der Waals surface area contributed by atoms with Crippen molar-refractivity contribution in [2.75, 3.05) is 46.3 Å². The summed E-state index contributed by atoms with van der Waals surface area (Å²) in [6.07, 6.45) is 4.37. The zero-order chi connectivity index (χ0) is 18.9. The molecule has 3 rings (SSSR count). The molecule has 0 radical (unpaired) electrons. The van der Waals surface area contributed by atoms with Crippen LogP contribution < -0.4 is 0 Å². The molecule has 27 heavy (non-hydrogen) atoms. The van der Waals surface area contributed by atoms with E-state index in [1.807, 2.05) is 36.2 Å². The summed E-state index contributed by atoms with van der Waals surface area (Å²) in [5.74, 6) is 0.230. The van der Waals surface area contributed by atoms with Gasteiger partial charge < -0.3 is 4.90 Å². The van der Waals surface area contributed by atoms with E-state index in [1.165, 1.54) is 11.1 Å². The zero-order valence-electron chi connectivity index (χ0n) is 16.1. The highest BCUT2D eigenvalue weighted by Gasteiger charge is 2.21. The van der Waals surface area contributed by atoms with Gasteiger partial charge in [0.15, 0.2) is 0 Å². The fourth-order valence-corrected chi connectivity index (χ4v) is 3.36. The smallest absolute Gasteiger partial charge is 0.236 e. The van der Waals surface area contributed by atoms with Gasteiger partial charge in [-0.3, -0.25) is 14.6 Å². The molecule has 1 fully saturated rings. The van der Waals surface area contributed by atoms with Gasteiger partial charge in [0, 0.05) is 39.3 Å². The molecule has 2 aromatic carbocycles. The van der Waals surface area contributed by atoms with Crippen molar-refractivity contribution in [3.8, 4) is 0 Å². The maximum absolute atomic E-state index is 12.6. The highest BCUT2D eigenvalue weighted by Crippen LogP contribution is 2.07. The number of carbonyl (C=O) groups is 1. The quantitative estimate of drug-likeness (QED) is 0.757. The Morgan fingerprint density at radius 1 is 0.963 bits per heavy atom. The molecule has 142 valence electrons. The Hall–Kier alpha value is -2.43. The second-order valence-corrected chi connectivity index (χ2v) is 7.15. The number of carbonyl (C=O) groups excluding carboxylic acids is 1. The minimum atomic E-state index is 0.230. The van der Waals surface area contributed by atoms with Crippen molar-refractivity contribution < 1.29 is 4.79 Å². The average molecular weight is 364 g/mol. The number of hydrogen-bond donors (Lipinski definition) is 0. The lowest BCUT2D eigenvalue weighted by atomic mass is 10.2. The van der Waals surface area contributed by atoms with Crippen molar-refractivity contribution in [3.63, 3.8) is 0 Å². The van der Waals surface area contributed by atoms with E-state index >= 15 is 0 Å². The van der Waals surface area contributed by atoms with Crippen LogP contribution in [0.25, 0.3) is 6.08 Å². The van der Waals surface area contributed by atoms with Crippen LogP contribution in [0.2, 0.25) is 0 Å². The van der Waals surface area contributed by atoms with Crippen LogP contribution in [-0.4, -0.2) is 66.9 Å². The van der Waals surface area contributed by atoms with E-state index < -0.39 is 0 Å². The minimum absolute atomic E-state index is 0.230. The molecule has 0 unspecified atom stereocenters. The highest BCUT2D eigenvalue weighted by molar-refractivity contribution is 5.78. The van der Waals surface area contributed by atoms with Crippen LogP contribution in [-0.2, 0) is 11.3 Å². The van der Waals surface area contributed by atoms with E-state index in [0.29, 0.717) is 6.54 Å². The maximum Gasteiger partial charge on any atom is 0.236 e. The Morgan fingerprint density at radius 2 is 1.59 bits per heavy atom. The summed E-state index contributed by atoms with van der Waals surface area (Å²) >= 11 is 0. The second kappa shape index (κ2) is 10.0. The number of benzene rings is 2. The summed E-state index contributed by atoms with van der Waals surface area (Å²) in [6.45, 7) is 5.72. The van der Waals surface area contributed by atoms with Gasteiger partial charge in [0.2, 0.25) is 5.91 Å². The molecule has 0 aliphatic carbocycles. The second-order valence-electron chi connectivity index (χ2n) is 7.15. The monoisotopic (exact) mass is 363 g/mol. The number of amides is 1. The van der Waals surface area contributed by atoms with Crippen molar-refractivity contribution in [2.24, 2.45) is 0 Å². The molecule has 4 nitrogen and oxygen atoms in total. The first-order chi connectivity index (χ1) is 13.2. The summed E-state index contributed by atoms with van der Waals surface area (Å²) in [6, 6.07) is 20.7. The van der Waals surface area contributed by atoms with E-state index in [1.54, 1.807) is 0 Å².